The van der Waals surface area contributed by atoms with Crippen molar-refractivity contribution in [3.8, 4) is 23.0 Å². The number of phenolic OH excluding ortho intramolecular Hbond substituents is 1. The van der Waals surface area contributed by atoms with Gasteiger partial charge >= 0.3 is 0 Å². The predicted molar refractivity (Wildman–Crippen MR) is 109 cm³/mol. The Bertz CT molecular complexity index is 1150. The summed E-state index contributed by atoms with van der Waals surface area (Å²) in [6.07, 6.45) is 1.62. The van der Waals surface area contributed by atoms with Gasteiger partial charge in [0.25, 0.3) is 0 Å². The number of benzene rings is 3. The number of fused-ring (bicyclic) bond motifs is 1. The monoisotopic (exact) mass is 422 g/mol. The lowest BCUT2D eigenvalue weighted by Crippen LogP contribution is -1.83. The zero-order chi connectivity index (χ0) is 18.8. The molecule has 0 aliphatic carbocycles. The normalized spacial score (nSPS) is 11.3. The summed E-state index contributed by atoms with van der Waals surface area (Å²) in [6, 6.07) is 18.3. The summed E-state index contributed by atoms with van der Waals surface area (Å²) >= 11 is 3.39. The number of rotatable bonds is 4. The number of aromatic hydroxyl groups is 1. The van der Waals surface area contributed by atoms with Crippen LogP contribution in [0.15, 0.2) is 74.5 Å². The van der Waals surface area contributed by atoms with Crippen molar-refractivity contribution in [2.75, 3.05) is 7.11 Å². The number of aliphatic imine (C=N–C) groups is 1. The fourth-order valence-corrected chi connectivity index (χ4v) is 3.03. The van der Waals surface area contributed by atoms with E-state index in [-0.39, 0.29) is 5.75 Å². The molecule has 134 valence electrons. The van der Waals surface area contributed by atoms with Crippen molar-refractivity contribution >= 4 is 38.9 Å². The van der Waals surface area contributed by atoms with Crippen molar-refractivity contribution in [1.29, 1.82) is 0 Å². The number of phenols is 1. The van der Waals surface area contributed by atoms with Crippen LogP contribution in [0.4, 0.5) is 5.69 Å². The first-order valence-corrected chi connectivity index (χ1v) is 8.99. The molecule has 27 heavy (non-hydrogen) atoms. The average molecular weight is 423 g/mol. The van der Waals surface area contributed by atoms with Gasteiger partial charge < -0.3 is 14.3 Å². The van der Waals surface area contributed by atoms with Gasteiger partial charge in [-0.05, 0) is 54.6 Å². The van der Waals surface area contributed by atoms with Gasteiger partial charge in [-0.3, -0.25) is 4.99 Å². The number of ether oxygens (including phenoxy) is 1. The molecule has 3 aromatic carbocycles. The molecule has 0 aliphatic rings. The first-order chi connectivity index (χ1) is 13.1. The van der Waals surface area contributed by atoms with Gasteiger partial charge in [0.05, 0.1) is 12.8 Å². The van der Waals surface area contributed by atoms with Crippen LogP contribution in [0.2, 0.25) is 0 Å². The maximum atomic E-state index is 9.91. The molecular weight excluding hydrogens is 408 g/mol. The van der Waals surface area contributed by atoms with Crippen LogP contribution in [-0.4, -0.2) is 23.4 Å². The standard InChI is InChI=1S/C21H15BrN2O3/c1-26-17-4-2-3-13(10-17)21-24-18-11-16(6-8-20(18)27-21)23-12-14-9-15(22)5-7-19(14)25/h2-12,25H,1H3. The minimum absolute atomic E-state index is 0.171. The first-order valence-electron chi connectivity index (χ1n) is 8.20. The van der Waals surface area contributed by atoms with Gasteiger partial charge in [-0.15, -0.1) is 0 Å². The van der Waals surface area contributed by atoms with Gasteiger partial charge in [-0.1, -0.05) is 22.0 Å². The van der Waals surface area contributed by atoms with Gasteiger partial charge in [0, 0.05) is 21.8 Å². The van der Waals surface area contributed by atoms with E-state index in [0.717, 1.165) is 15.8 Å². The number of hydrogen-bond donors (Lipinski definition) is 1. The average Bonchev–Trinajstić information content (AvgIpc) is 3.12. The Morgan fingerprint density at radius 2 is 2.00 bits per heavy atom. The van der Waals surface area contributed by atoms with Crippen molar-refractivity contribution in [1.82, 2.24) is 4.98 Å². The molecule has 0 spiro atoms. The molecule has 0 amide bonds. The minimum Gasteiger partial charge on any atom is -0.507 e. The largest absolute Gasteiger partial charge is 0.507 e. The molecule has 0 saturated carbocycles. The second kappa shape index (κ2) is 7.25. The Balaban J connectivity index is 1.66. The Morgan fingerprint density at radius 3 is 2.85 bits per heavy atom. The lowest BCUT2D eigenvalue weighted by molar-refractivity contribution is 0.415. The lowest BCUT2D eigenvalue weighted by atomic mass is 10.2. The molecule has 4 aromatic rings. The summed E-state index contributed by atoms with van der Waals surface area (Å²) in [5, 5.41) is 9.91. The Kier molecular flexibility index (Phi) is 4.64. The van der Waals surface area contributed by atoms with Crippen LogP contribution in [0.5, 0.6) is 11.5 Å². The molecule has 6 heteroatoms. The zero-order valence-electron chi connectivity index (χ0n) is 14.4. The summed E-state index contributed by atoms with van der Waals surface area (Å²) in [5.74, 6) is 1.44. The van der Waals surface area contributed by atoms with Gasteiger partial charge in [-0.25, -0.2) is 4.98 Å². The van der Waals surface area contributed by atoms with E-state index in [1.54, 1.807) is 31.5 Å². The molecule has 0 atom stereocenters. The topological polar surface area (TPSA) is 67.9 Å². The molecule has 0 bridgehead atoms. The molecule has 0 aliphatic heterocycles. The molecule has 1 N–H and O–H groups in total. The summed E-state index contributed by atoms with van der Waals surface area (Å²) in [6.45, 7) is 0. The molecule has 5 nitrogen and oxygen atoms in total. The second-order valence-corrected chi connectivity index (χ2v) is 6.78. The highest BCUT2D eigenvalue weighted by Crippen LogP contribution is 2.29. The van der Waals surface area contributed by atoms with Gasteiger partial charge in [0.15, 0.2) is 5.58 Å². The zero-order valence-corrected chi connectivity index (χ0v) is 16.0. The van der Waals surface area contributed by atoms with Crippen LogP contribution >= 0.6 is 15.9 Å². The van der Waals surface area contributed by atoms with E-state index in [9.17, 15) is 5.11 Å². The van der Waals surface area contributed by atoms with Gasteiger partial charge in [-0.2, -0.15) is 0 Å². The van der Waals surface area contributed by atoms with Crippen LogP contribution in [0, 0.1) is 0 Å². The van der Waals surface area contributed by atoms with Crippen LogP contribution < -0.4 is 4.74 Å². The van der Waals surface area contributed by atoms with Crippen LogP contribution in [0.3, 0.4) is 0 Å². The van der Waals surface area contributed by atoms with Crippen molar-refractivity contribution in [2.45, 2.75) is 0 Å². The van der Waals surface area contributed by atoms with E-state index in [1.807, 2.05) is 42.5 Å². The molecule has 1 aromatic heterocycles. The summed E-state index contributed by atoms with van der Waals surface area (Å²) in [4.78, 5) is 8.98. The highest BCUT2D eigenvalue weighted by Gasteiger charge is 2.09. The third-order valence-corrected chi connectivity index (χ3v) is 4.52. The fraction of sp³-hybridized carbons (Fsp3) is 0.0476. The predicted octanol–water partition coefficient (Wildman–Crippen LogP) is 5.72. The van der Waals surface area contributed by atoms with E-state index in [4.69, 9.17) is 9.15 Å². The number of halogens is 1. The summed E-state index contributed by atoms with van der Waals surface area (Å²) in [5.41, 5.74) is 3.57. The molecule has 0 unspecified atom stereocenters. The Morgan fingerprint density at radius 1 is 1.11 bits per heavy atom. The smallest absolute Gasteiger partial charge is 0.227 e. The van der Waals surface area contributed by atoms with Crippen molar-refractivity contribution in [2.24, 2.45) is 4.99 Å². The highest BCUT2D eigenvalue weighted by atomic mass is 79.9. The van der Waals surface area contributed by atoms with Crippen LogP contribution in [0.25, 0.3) is 22.6 Å². The SMILES string of the molecule is COc1cccc(-c2nc3cc(N=Cc4cc(Br)ccc4O)ccc3o2)c1. The van der Waals surface area contributed by atoms with Crippen molar-refractivity contribution in [3.63, 3.8) is 0 Å². The van der Waals surface area contributed by atoms with E-state index in [0.29, 0.717) is 28.2 Å². The Hall–Kier alpha value is -3.12. The molecular formula is C21H15BrN2O3. The maximum absolute atomic E-state index is 9.91. The molecule has 4 rings (SSSR count). The molecule has 0 saturated heterocycles. The number of nitrogens with zero attached hydrogens (tertiary/aromatic N) is 2. The molecule has 0 fully saturated rings. The van der Waals surface area contributed by atoms with Gasteiger partial charge in [0.1, 0.15) is 17.0 Å². The summed E-state index contributed by atoms with van der Waals surface area (Å²) < 4.78 is 12.0. The Labute approximate surface area is 164 Å². The van der Waals surface area contributed by atoms with E-state index >= 15 is 0 Å². The second-order valence-electron chi connectivity index (χ2n) is 5.86. The molecule has 1 heterocycles. The number of hydrogen-bond acceptors (Lipinski definition) is 5. The van der Waals surface area contributed by atoms with E-state index in [2.05, 4.69) is 25.9 Å². The highest BCUT2D eigenvalue weighted by molar-refractivity contribution is 9.10. The van der Waals surface area contributed by atoms with E-state index in [1.165, 1.54) is 0 Å². The minimum atomic E-state index is 0.171. The number of aromatic nitrogens is 1. The third-order valence-electron chi connectivity index (χ3n) is 4.03. The third kappa shape index (κ3) is 3.71. The molecule has 0 radical (unpaired) electrons. The number of oxazole rings is 1. The first kappa shape index (κ1) is 17.3. The van der Waals surface area contributed by atoms with E-state index < -0.39 is 0 Å². The van der Waals surface area contributed by atoms with Crippen LogP contribution in [0.1, 0.15) is 5.56 Å². The fourth-order valence-electron chi connectivity index (χ4n) is 2.65. The van der Waals surface area contributed by atoms with Gasteiger partial charge in [0.2, 0.25) is 5.89 Å². The quantitative estimate of drug-likeness (QED) is 0.426. The maximum Gasteiger partial charge on any atom is 0.227 e. The van der Waals surface area contributed by atoms with Crippen molar-refractivity contribution in [3.05, 3.63) is 70.7 Å². The van der Waals surface area contributed by atoms with Crippen LogP contribution in [-0.2, 0) is 0 Å². The lowest BCUT2D eigenvalue weighted by Gasteiger charge is -2.00. The number of methoxy groups -OCH3 is 1. The van der Waals surface area contributed by atoms with Crippen molar-refractivity contribution < 1.29 is 14.3 Å². The summed E-state index contributed by atoms with van der Waals surface area (Å²) in [7, 11) is 1.62.